The number of allylic oxidation sites excluding steroid dienone is 2. The van der Waals surface area contributed by atoms with E-state index in [0.717, 1.165) is 16.1 Å². The molecule has 18 heavy (non-hydrogen) atoms. The third-order valence-electron chi connectivity index (χ3n) is 3.92. The lowest BCUT2D eigenvalue weighted by molar-refractivity contribution is 0.401. The minimum Gasteiger partial charge on any atom is -0.398 e. The van der Waals surface area contributed by atoms with Crippen molar-refractivity contribution in [3.63, 3.8) is 0 Å². The summed E-state index contributed by atoms with van der Waals surface area (Å²) in [6.45, 7) is 2.15. The minimum absolute atomic E-state index is 0.639. The zero-order chi connectivity index (χ0) is 13.0. The molecule has 1 aromatic rings. The van der Waals surface area contributed by atoms with E-state index in [0.29, 0.717) is 5.92 Å². The summed E-state index contributed by atoms with van der Waals surface area (Å²) < 4.78 is 0. The largest absolute Gasteiger partial charge is 0.398 e. The van der Waals surface area contributed by atoms with E-state index < -0.39 is 0 Å². The van der Waals surface area contributed by atoms with Gasteiger partial charge in [-0.05, 0) is 36.8 Å². The van der Waals surface area contributed by atoms with Crippen LogP contribution in [-0.2, 0) is 0 Å². The fourth-order valence-corrected chi connectivity index (χ4v) is 2.98. The molecule has 0 radical (unpaired) electrons. The van der Waals surface area contributed by atoms with Crippen molar-refractivity contribution in [3.05, 3.63) is 47.2 Å². The Morgan fingerprint density at radius 3 is 2.33 bits per heavy atom. The molecule has 0 unspecified atom stereocenters. The van der Waals surface area contributed by atoms with Gasteiger partial charge in [-0.2, -0.15) is 0 Å². The lowest BCUT2D eigenvalue weighted by Gasteiger charge is -2.24. The van der Waals surface area contributed by atoms with Crippen molar-refractivity contribution in [3.8, 4) is 0 Å². The molecule has 96 valence electrons. The average Bonchev–Trinajstić information content (AvgIpc) is 2.47. The Kier molecular flexibility index (Phi) is 4.54. The van der Waals surface area contributed by atoms with Crippen LogP contribution in [0.25, 0.3) is 0 Å². The summed E-state index contributed by atoms with van der Waals surface area (Å²) in [5.41, 5.74) is 9.43. The molecule has 1 aliphatic carbocycles. The number of hydrogen-bond acceptors (Lipinski definition) is 2. The molecule has 0 aliphatic heterocycles. The van der Waals surface area contributed by atoms with Crippen molar-refractivity contribution in [2.75, 3.05) is 0 Å². The summed E-state index contributed by atoms with van der Waals surface area (Å²) in [4.78, 5) is 0.804. The number of nitrogens with two attached hydrogens (primary N) is 1. The quantitative estimate of drug-likeness (QED) is 0.500. The molecule has 0 bridgehead atoms. The smallest absolute Gasteiger partial charge is 0.0678 e. The first-order valence-corrected chi connectivity index (χ1v) is 7.17. The van der Waals surface area contributed by atoms with Crippen molar-refractivity contribution >= 4 is 17.1 Å². The van der Waals surface area contributed by atoms with Crippen LogP contribution in [0.5, 0.6) is 0 Å². The second-order valence-corrected chi connectivity index (χ2v) is 5.54. The van der Waals surface area contributed by atoms with Gasteiger partial charge in [0.1, 0.15) is 0 Å². The molecule has 1 fully saturated rings. The summed E-state index contributed by atoms with van der Waals surface area (Å²) in [5, 5.41) is 0. The molecule has 2 rings (SSSR count). The molecule has 0 saturated heterocycles. The summed E-state index contributed by atoms with van der Waals surface area (Å²) in [7, 11) is 0. The van der Waals surface area contributed by atoms with E-state index in [1.165, 1.54) is 37.7 Å². The zero-order valence-corrected chi connectivity index (χ0v) is 11.8. The van der Waals surface area contributed by atoms with E-state index in [9.17, 15) is 0 Å². The maximum absolute atomic E-state index is 6.26. The molecule has 2 heteroatoms. The molecule has 1 aromatic carbocycles. The van der Waals surface area contributed by atoms with Crippen LogP contribution in [0.2, 0.25) is 0 Å². The van der Waals surface area contributed by atoms with Crippen LogP contribution in [0.3, 0.4) is 0 Å². The van der Waals surface area contributed by atoms with Crippen LogP contribution in [-0.4, -0.2) is 4.86 Å². The van der Waals surface area contributed by atoms with E-state index in [2.05, 4.69) is 6.92 Å². The fourth-order valence-electron chi connectivity index (χ4n) is 2.68. The first-order valence-electron chi connectivity index (χ1n) is 6.76. The van der Waals surface area contributed by atoms with Gasteiger partial charge in [-0.25, -0.2) is 0 Å². The Morgan fingerprint density at radius 1 is 1.11 bits per heavy atom. The van der Waals surface area contributed by atoms with Crippen molar-refractivity contribution in [2.24, 2.45) is 11.7 Å². The number of thiocarbonyl (C=S) groups is 1. The second-order valence-electron chi connectivity index (χ2n) is 5.13. The highest BCUT2D eigenvalue weighted by Crippen LogP contribution is 2.30. The Hall–Kier alpha value is -1.15. The summed E-state index contributed by atoms with van der Waals surface area (Å²) in [5.74, 6) is 0.639. The van der Waals surface area contributed by atoms with E-state index in [-0.39, 0.29) is 0 Å². The molecule has 2 N–H and O–H groups in total. The molecule has 0 amide bonds. The maximum Gasteiger partial charge on any atom is 0.0678 e. The van der Waals surface area contributed by atoms with E-state index in [1.807, 2.05) is 30.3 Å². The van der Waals surface area contributed by atoms with Crippen molar-refractivity contribution in [1.29, 1.82) is 0 Å². The summed E-state index contributed by atoms with van der Waals surface area (Å²) >= 11 is 5.51. The van der Waals surface area contributed by atoms with Gasteiger partial charge in [-0.3, -0.25) is 0 Å². The summed E-state index contributed by atoms with van der Waals surface area (Å²) in [6.07, 6.45) is 6.56. The van der Waals surface area contributed by atoms with Gasteiger partial charge in [0.25, 0.3) is 0 Å². The van der Waals surface area contributed by atoms with Crippen LogP contribution < -0.4 is 5.73 Å². The van der Waals surface area contributed by atoms with Crippen LogP contribution >= 0.6 is 12.2 Å². The maximum atomic E-state index is 6.26. The van der Waals surface area contributed by atoms with Gasteiger partial charge in [-0.15, -0.1) is 0 Å². The first kappa shape index (κ1) is 13.3. The van der Waals surface area contributed by atoms with Crippen LogP contribution in [0.15, 0.2) is 41.6 Å². The number of benzene rings is 1. The molecule has 0 spiro atoms. The van der Waals surface area contributed by atoms with Crippen molar-refractivity contribution < 1.29 is 0 Å². The molecule has 1 saturated carbocycles. The number of rotatable bonds is 3. The van der Waals surface area contributed by atoms with Gasteiger partial charge in [-0.1, -0.05) is 61.8 Å². The van der Waals surface area contributed by atoms with Crippen molar-refractivity contribution in [2.45, 2.75) is 39.0 Å². The highest BCUT2D eigenvalue weighted by atomic mass is 32.1. The predicted octanol–water partition coefficient (Wildman–Crippen LogP) is 4.22. The van der Waals surface area contributed by atoms with E-state index in [1.54, 1.807) is 0 Å². The van der Waals surface area contributed by atoms with E-state index in [4.69, 9.17) is 18.0 Å². The summed E-state index contributed by atoms with van der Waals surface area (Å²) in [6, 6.07) is 10.1. The second kappa shape index (κ2) is 6.14. The average molecular weight is 259 g/mol. The highest BCUT2D eigenvalue weighted by Gasteiger charge is 2.18. The first-order chi connectivity index (χ1) is 8.70. The van der Waals surface area contributed by atoms with Gasteiger partial charge < -0.3 is 5.73 Å². The fraction of sp³-hybridized carbons (Fsp3) is 0.438. The van der Waals surface area contributed by atoms with Crippen LogP contribution in [0, 0.1) is 5.92 Å². The standard InChI is InChI=1S/C16H21NS/c1-12(13-8-4-2-5-9-13)15(17)16(18)14-10-6-3-7-11-14/h3,6-7,10-11,13H,2,4-5,8-9,17H2,1H3. The molecular weight excluding hydrogens is 238 g/mol. The lowest BCUT2D eigenvalue weighted by atomic mass is 9.83. The van der Waals surface area contributed by atoms with Crippen LogP contribution in [0.1, 0.15) is 44.6 Å². The van der Waals surface area contributed by atoms with Crippen LogP contribution in [0.4, 0.5) is 0 Å². The Morgan fingerprint density at radius 2 is 1.72 bits per heavy atom. The minimum atomic E-state index is 0.639. The van der Waals surface area contributed by atoms with Gasteiger partial charge >= 0.3 is 0 Å². The predicted molar refractivity (Wildman–Crippen MR) is 81.6 cm³/mol. The Labute approximate surface area is 115 Å². The van der Waals surface area contributed by atoms with Gasteiger partial charge in [0.2, 0.25) is 0 Å². The number of hydrogen-bond donors (Lipinski definition) is 1. The third kappa shape index (κ3) is 2.99. The van der Waals surface area contributed by atoms with Gasteiger partial charge in [0.05, 0.1) is 4.86 Å². The SMILES string of the molecule is CC(=C(N)C(=S)c1ccccc1)C1CCCCC1. The van der Waals surface area contributed by atoms with Crippen molar-refractivity contribution in [1.82, 2.24) is 0 Å². The molecular formula is C16H21NS. The Balaban J connectivity index is 2.18. The Bertz CT molecular complexity index is 441. The third-order valence-corrected chi connectivity index (χ3v) is 4.38. The molecule has 0 atom stereocenters. The van der Waals surface area contributed by atoms with Gasteiger partial charge in [0.15, 0.2) is 0 Å². The highest BCUT2D eigenvalue weighted by molar-refractivity contribution is 7.81. The lowest BCUT2D eigenvalue weighted by Crippen LogP contribution is -2.18. The molecule has 1 nitrogen and oxygen atoms in total. The molecule has 0 aromatic heterocycles. The topological polar surface area (TPSA) is 26.0 Å². The zero-order valence-electron chi connectivity index (χ0n) is 11.0. The monoisotopic (exact) mass is 259 g/mol. The van der Waals surface area contributed by atoms with E-state index >= 15 is 0 Å². The normalized spacial score (nSPS) is 18.3. The molecule has 1 aliphatic rings. The van der Waals surface area contributed by atoms with Gasteiger partial charge in [0, 0.05) is 5.70 Å². The molecule has 0 heterocycles.